The van der Waals surface area contributed by atoms with Gasteiger partial charge in [-0.1, -0.05) is 0 Å². The number of hydrogen-bond acceptors (Lipinski definition) is 3. The molecule has 2 fully saturated rings. The number of aromatic nitrogens is 1. The molecule has 0 amide bonds. The predicted molar refractivity (Wildman–Crippen MR) is 68.3 cm³/mol. The lowest BCUT2D eigenvalue weighted by molar-refractivity contribution is 0.318. The van der Waals surface area contributed by atoms with Crippen LogP contribution in [0.2, 0.25) is 0 Å². The van der Waals surface area contributed by atoms with Gasteiger partial charge in [-0.25, -0.2) is 0 Å². The largest absolute Gasteiger partial charge is 0.379 e. The number of fused-ring (bicyclic) bond motifs is 1. The quantitative estimate of drug-likeness (QED) is 0.829. The third kappa shape index (κ3) is 1.97. The number of aryl methyl sites for hydroxylation is 1. The van der Waals surface area contributed by atoms with E-state index in [2.05, 4.69) is 10.2 Å². The highest BCUT2D eigenvalue weighted by atomic mass is 16.1. The average Bonchev–Trinajstić information content (AvgIpc) is 2.88. The minimum Gasteiger partial charge on any atom is -0.379 e. The molecule has 0 spiro atoms. The molecule has 4 nitrogen and oxygen atoms in total. The van der Waals surface area contributed by atoms with Gasteiger partial charge in [0.2, 0.25) is 5.56 Å². The van der Waals surface area contributed by atoms with Crippen LogP contribution in [0.25, 0.3) is 0 Å². The highest BCUT2D eigenvalue weighted by Crippen LogP contribution is 2.29. The number of pyridine rings is 1. The zero-order valence-corrected chi connectivity index (χ0v) is 10.2. The molecule has 1 N–H and O–H groups in total. The molecule has 2 aliphatic rings. The molecule has 3 rings (SSSR count). The van der Waals surface area contributed by atoms with Crippen molar-refractivity contribution < 1.29 is 0 Å². The van der Waals surface area contributed by atoms with Crippen LogP contribution in [-0.2, 0) is 7.05 Å². The summed E-state index contributed by atoms with van der Waals surface area (Å²) in [6.45, 7) is 2.48. The van der Waals surface area contributed by atoms with Crippen molar-refractivity contribution in [2.24, 2.45) is 7.05 Å². The lowest BCUT2D eigenvalue weighted by Gasteiger charge is -2.22. The molecule has 0 aromatic carbocycles. The summed E-state index contributed by atoms with van der Waals surface area (Å²) in [5.74, 6) is 0. The second-order valence-electron chi connectivity index (χ2n) is 5.15. The first-order valence-electron chi connectivity index (χ1n) is 6.41. The van der Waals surface area contributed by atoms with Gasteiger partial charge in [-0.05, 0) is 31.9 Å². The Morgan fingerprint density at radius 3 is 3.00 bits per heavy atom. The van der Waals surface area contributed by atoms with E-state index in [-0.39, 0.29) is 5.56 Å². The molecule has 0 saturated carbocycles. The van der Waals surface area contributed by atoms with Crippen LogP contribution in [-0.4, -0.2) is 34.6 Å². The second-order valence-corrected chi connectivity index (χ2v) is 5.15. The second kappa shape index (κ2) is 4.18. The molecule has 4 heteroatoms. The van der Waals surface area contributed by atoms with Crippen LogP contribution < -0.4 is 10.9 Å². The Hall–Kier alpha value is -1.29. The van der Waals surface area contributed by atoms with Crippen LogP contribution in [0.1, 0.15) is 19.3 Å². The van der Waals surface area contributed by atoms with Crippen LogP contribution in [0, 0.1) is 0 Å². The number of hydrogen-bond donors (Lipinski definition) is 1. The summed E-state index contributed by atoms with van der Waals surface area (Å²) in [4.78, 5) is 13.9. The third-order valence-corrected chi connectivity index (χ3v) is 4.04. The fraction of sp³-hybridized carbons (Fsp3) is 0.615. The van der Waals surface area contributed by atoms with E-state index in [0.29, 0.717) is 12.1 Å². The van der Waals surface area contributed by atoms with Gasteiger partial charge in [0.1, 0.15) is 0 Å². The third-order valence-electron chi connectivity index (χ3n) is 4.04. The Kier molecular flexibility index (Phi) is 2.67. The van der Waals surface area contributed by atoms with Crippen molar-refractivity contribution in [2.75, 3.05) is 18.4 Å². The standard InChI is InChI=1S/C13H19N3O/c1-15-9-10(4-5-13(15)17)14-11-6-8-16-7-2-3-12(11)16/h4-5,9,11-12,14H,2-3,6-8H2,1H3. The highest BCUT2D eigenvalue weighted by Gasteiger charge is 2.36. The smallest absolute Gasteiger partial charge is 0.250 e. The maximum atomic E-state index is 11.3. The lowest BCUT2D eigenvalue weighted by Crippen LogP contribution is -2.34. The van der Waals surface area contributed by atoms with Gasteiger partial charge in [0.25, 0.3) is 0 Å². The van der Waals surface area contributed by atoms with Crippen LogP contribution in [0.4, 0.5) is 5.69 Å². The Bertz CT molecular complexity index is 468. The van der Waals surface area contributed by atoms with Crippen molar-refractivity contribution in [3.05, 3.63) is 28.7 Å². The molecule has 1 aromatic heterocycles. The van der Waals surface area contributed by atoms with Crippen LogP contribution >= 0.6 is 0 Å². The van der Waals surface area contributed by atoms with Gasteiger partial charge in [0, 0.05) is 37.9 Å². The van der Waals surface area contributed by atoms with E-state index in [0.717, 1.165) is 5.69 Å². The molecule has 2 saturated heterocycles. The highest BCUT2D eigenvalue weighted by molar-refractivity contribution is 5.42. The summed E-state index contributed by atoms with van der Waals surface area (Å²) in [7, 11) is 1.80. The summed E-state index contributed by atoms with van der Waals surface area (Å²) in [5, 5.41) is 3.58. The molecule has 1 aromatic rings. The SMILES string of the molecule is Cn1cc(NC2CCN3CCCC23)ccc1=O. The van der Waals surface area contributed by atoms with Gasteiger partial charge >= 0.3 is 0 Å². The molecule has 0 bridgehead atoms. The van der Waals surface area contributed by atoms with E-state index in [1.54, 1.807) is 17.7 Å². The van der Waals surface area contributed by atoms with E-state index in [1.807, 2.05) is 12.3 Å². The molecule has 92 valence electrons. The summed E-state index contributed by atoms with van der Waals surface area (Å²) in [5.41, 5.74) is 1.11. The summed E-state index contributed by atoms with van der Waals surface area (Å²) >= 11 is 0. The van der Waals surface area contributed by atoms with E-state index >= 15 is 0 Å². The Morgan fingerprint density at radius 1 is 1.29 bits per heavy atom. The van der Waals surface area contributed by atoms with Gasteiger partial charge in [-0.15, -0.1) is 0 Å². The Labute approximate surface area is 101 Å². The average molecular weight is 233 g/mol. The summed E-state index contributed by atoms with van der Waals surface area (Å²) < 4.78 is 1.63. The fourth-order valence-electron chi connectivity index (χ4n) is 3.14. The van der Waals surface area contributed by atoms with Crippen molar-refractivity contribution >= 4 is 5.69 Å². The monoisotopic (exact) mass is 233 g/mol. The van der Waals surface area contributed by atoms with Gasteiger partial charge in [0.15, 0.2) is 0 Å². The number of anilines is 1. The molecule has 17 heavy (non-hydrogen) atoms. The number of rotatable bonds is 2. The Morgan fingerprint density at radius 2 is 2.18 bits per heavy atom. The minimum atomic E-state index is 0.0458. The van der Waals surface area contributed by atoms with E-state index in [4.69, 9.17) is 0 Å². The first-order valence-corrected chi connectivity index (χ1v) is 6.41. The maximum Gasteiger partial charge on any atom is 0.250 e. The van der Waals surface area contributed by atoms with E-state index < -0.39 is 0 Å². The zero-order chi connectivity index (χ0) is 11.8. The zero-order valence-electron chi connectivity index (χ0n) is 10.2. The van der Waals surface area contributed by atoms with Gasteiger partial charge in [0.05, 0.1) is 5.69 Å². The summed E-state index contributed by atoms with van der Waals surface area (Å²) in [6, 6.07) is 4.77. The predicted octanol–water partition coefficient (Wildman–Crippen LogP) is 1.03. The minimum absolute atomic E-state index is 0.0458. The fourth-order valence-corrected chi connectivity index (χ4v) is 3.14. The molecule has 3 heterocycles. The van der Waals surface area contributed by atoms with Crippen LogP contribution in [0.15, 0.2) is 23.1 Å². The Balaban J connectivity index is 1.74. The van der Waals surface area contributed by atoms with Crippen molar-refractivity contribution in [3.8, 4) is 0 Å². The van der Waals surface area contributed by atoms with Crippen molar-refractivity contribution in [1.82, 2.24) is 9.47 Å². The molecule has 0 aliphatic carbocycles. The first kappa shape index (κ1) is 10.8. The van der Waals surface area contributed by atoms with Crippen LogP contribution in [0.3, 0.4) is 0 Å². The number of nitrogens with one attached hydrogen (secondary N) is 1. The molecular weight excluding hydrogens is 214 g/mol. The van der Waals surface area contributed by atoms with Gasteiger partial charge < -0.3 is 9.88 Å². The van der Waals surface area contributed by atoms with Crippen molar-refractivity contribution in [2.45, 2.75) is 31.3 Å². The van der Waals surface area contributed by atoms with Gasteiger partial charge in [-0.3, -0.25) is 9.69 Å². The lowest BCUT2D eigenvalue weighted by atomic mass is 10.1. The summed E-state index contributed by atoms with van der Waals surface area (Å²) in [6.07, 6.45) is 5.74. The molecular formula is C13H19N3O. The van der Waals surface area contributed by atoms with E-state index in [9.17, 15) is 4.79 Å². The van der Waals surface area contributed by atoms with E-state index in [1.165, 1.54) is 32.4 Å². The molecule has 2 atom stereocenters. The molecule has 2 aliphatic heterocycles. The topological polar surface area (TPSA) is 37.3 Å². The maximum absolute atomic E-state index is 11.3. The first-order chi connectivity index (χ1) is 8.24. The normalized spacial score (nSPS) is 28.3. The van der Waals surface area contributed by atoms with Crippen LogP contribution in [0.5, 0.6) is 0 Å². The molecule has 0 radical (unpaired) electrons. The number of nitrogens with zero attached hydrogens (tertiary/aromatic N) is 2. The van der Waals surface area contributed by atoms with Gasteiger partial charge in [-0.2, -0.15) is 0 Å². The molecule has 2 unspecified atom stereocenters. The van der Waals surface area contributed by atoms with Crippen molar-refractivity contribution in [1.29, 1.82) is 0 Å². The van der Waals surface area contributed by atoms with Crippen molar-refractivity contribution in [3.63, 3.8) is 0 Å².